The average Bonchev–Trinajstić information content (AvgIpc) is 2.55. The lowest BCUT2D eigenvalue weighted by Crippen LogP contribution is -2.15. The molecule has 0 atom stereocenters. The molecule has 0 aliphatic carbocycles. The molecule has 0 saturated carbocycles. The van der Waals surface area contributed by atoms with Gasteiger partial charge in [0.15, 0.2) is 0 Å². The number of carboxylic acids is 2. The molecule has 0 amide bonds. The maximum absolute atomic E-state index is 11.2. The predicted octanol–water partition coefficient (Wildman–Crippen LogP) is 0.616. The minimum atomic E-state index is -0.950. The Kier molecular flexibility index (Phi) is 14.9. The van der Waals surface area contributed by atoms with Crippen molar-refractivity contribution in [3.8, 4) is 0 Å². The summed E-state index contributed by atoms with van der Waals surface area (Å²) < 4.78 is 20.0. The van der Waals surface area contributed by atoms with Gasteiger partial charge >= 0.3 is 23.9 Å². The first kappa shape index (κ1) is 23.8. The predicted molar refractivity (Wildman–Crippen MR) is 86.5 cm³/mol. The third kappa shape index (κ3) is 18.1. The monoisotopic (exact) mass is 378 g/mol. The van der Waals surface area contributed by atoms with Gasteiger partial charge in [-0.05, 0) is 12.8 Å². The number of aliphatic carboxylic acids is 2. The molecular weight excluding hydrogens is 352 g/mol. The van der Waals surface area contributed by atoms with Crippen molar-refractivity contribution < 1.29 is 48.3 Å². The second-order valence-electron chi connectivity index (χ2n) is 5.16. The number of esters is 2. The molecular formula is C16H26O10. The van der Waals surface area contributed by atoms with E-state index in [0.29, 0.717) is 0 Å². The first-order valence-corrected chi connectivity index (χ1v) is 8.32. The van der Waals surface area contributed by atoms with Crippen molar-refractivity contribution in [1.29, 1.82) is 0 Å². The van der Waals surface area contributed by atoms with Crippen LogP contribution in [0.25, 0.3) is 0 Å². The Hall–Kier alpha value is -2.20. The molecule has 0 saturated heterocycles. The van der Waals surface area contributed by atoms with E-state index in [4.69, 9.17) is 29.2 Å². The van der Waals surface area contributed by atoms with Gasteiger partial charge in [-0.25, -0.2) is 0 Å². The molecule has 0 radical (unpaired) electrons. The molecule has 0 aromatic rings. The highest BCUT2D eigenvalue weighted by Gasteiger charge is 2.06. The molecule has 0 aliphatic heterocycles. The number of rotatable bonds is 17. The van der Waals surface area contributed by atoms with Crippen molar-refractivity contribution >= 4 is 23.9 Å². The van der Waals surface area contributed by atoms with Crippen LogP contribution in [0.15, 0.2) is 0 Å². The quantitative estimate of drug-likeness (QED) is 0.273. The summed E-state index contributed by atoms with van der Waals surface area (Å²) in [5.74, 6) is -2.82. The normalized spacial score (nSPS) is 10.3. The van der Waals surface area contributed by atoms with E-state index < -0.39 is 23.9 Å². The Morgan fingerprint density at radius 1 is 0.538 bits per heavy atom. The zero-order valence-corrected chi connectivity index (χ0v) is 14.6. The van der Waals surface area contributed by atoms with Crippen molar-refractivity contribution in [3.63, 3.8) is 0 Å². The lowest BCUT2D eigenvalue weighted by atomic mass is 10.2. The number of hydrogen-bond donors (Lipinski definition) is 2. The number of ether oxygens (including phenoxy) is 4. The summed E-state index contributed by atoms with van der Waals surface area (Å²) in [7, 11) is 0. The molecule has 0 spiro atoms. The third-order valence-corrected chi connectivity index (χ3v) is 2.90. The van der Waals surface area contributed by atoms with E-state index in [9.17, 15) is 19.2 Å². The van der Waals surface area contributed by atoms with Gasteiger partial charge in [0.2, 0.25) is 0 Å². The molecule has 0 aliphatic rings. The number of carboxylic acid groups (broad SMARTS) is 2. The van der Waals surface area contributed by atoms with Gasteiger partial charge in [0.05, 0.1) is 26.4 Å². The zero-order valence-electron chi connectivity index (χ0n) is 14.6. The van der Waals surface area contributed by atoms with Crippen LogP contribution in [0.3, 0.4) is 0 Å². The van der Waals surface area contributed by atoms with E-state index in [1.807, 2.05) is 0 Å². The third-order valence-electron chi connectivity index (χ3n) is 2.90. The summed E-state index contributed by atoms with van der Waals surface area (Å²) in [5, 5.41) is 16.9. The lowest BCUT2D eigenvalue weighted by molar-refractivity contribution is -0.147. The molecule has 2 N–H and O–H groups in total. The van der Waals surface area contributed by atoms with Gasteiger partial charge in [-0.15, -0.1) is 0 Å². The second kappa shape index (κ2) is 16.3. The SMILES string of the molecule is O=C(O)CCCC(=O)OCCOCCOCCOC(=O)CCCC(=O)O. The summed E-state index contributed by atoms with van der Waals surface area (Å²) in [6.07, 6.45) is 0.468. The fourth-order valence-electron chi connectivity index (χ4n) is 1.66. The van der Waals surface area contributed by atoms with Gasteiger partial charge in [0.25, 0.3) is 0 Å². The summed E-state index contributed by atoms with van der Waals surface area (Å²) >= 11 is 0. The Labute approximate surface area is 151 Å². The van der Waals surface area contributed by atoms with Gasteiger partial charge in [-0.1, -0.05) is 0 Å². The number of carbonyl (C=O) groups excluding carboxylic acids is 2. The highest BCUT2D eigenvalue weighted by Crippen LogP contribution is 1.98. The summed E-state index contributed by atoms with van der Waals surface area (Å²) in [4.78, 5) is 43.0. The maximum atomic E-state index is 11.2. The van der Waals surface area contributed by atoms with Gasteiger partial charge in [0.1, 0.15) is 13.2 Å². The minimum Gasteiger partial charge on any atom is -0.481 e. The van der Waals surface area contributed by atoms with Crippen LogP contribution in [0.1, 0.15) is 38.5 Å². The fraction of sp³-hybridized carbons (Fsp3) is 0.750. The minimum absolute atomic E-state index is 0.0600. The second-order valence-corrected chi connectivity index (χ2v) is 5.16. The van der Waals surface area contributed by atoms with Crippen molar-refractivity contribution in [3.05, 3.63) is 0 Å². The molecule has 0 heterocycles. The van der Waals surface area contributed by atoms with E-state index in [1.54, 1.807) is 0 Å². The molecule has 26 heavy (non-hydrogen) atoms. The topological polar surface area (TPSA) is 146 Å². The first-order valence-electron chi connectivity index (χ1n) is 8.32. The van der Waals surface area contributed by atoms with E-state index in [0.717, 1.165) is 0 Å². The van der Waals surface area contributed by atoms with E-state index in [1.165, 1.54) is 0 Å². The van der Waals surface area contributed by atoms with Crippen molar-refractivity contribution in [2.45, 2.75) is 38.5 Å². The van der Waals surface area contributed by atoms with E-state index in [-0.39, 0.29) is 78.2 Å². The van der Waals surface area contributed by atoms with Crippen LogP contribution in [-0.4, -0.2) is 73.7 Å². The summed E-state index contributed by atoms with van der Waals surface area (Å²) in [6.45, 7) is 1.13. The van der Waals surface area contributed by atoms with Crippen LogP contribution in [0.4, 0.5) is 0 Å². The van der Waals surface area contributed by atoms with Gasteiger partial charge in [0, 0.05) is 25.7 Å². The highest BCUT2D eigenvalue weighted by atomic mass is 16.6. The maximum Gasteiger partial charge on any atom is 0.305 e. The van der Waals surface area contributed by atoms with Crippen LogP contribution in [0, 0.1) is 0 Å². The van der Waals surface area contributed by atoms with Crippen LogP contribution in [-0.2, 0) is 38.1 Å². The molecule has 10 heteroatoms. The van der Waals surface area contributed by atoms with E-state index in [2.05, 4.69) is 0 Å². The van der Waals surface area contributed by atoms with Crippen LogP contribution in [0.5, 0.6) is 0 Å². The molecule has 0 aromatic heterocycles. The van der Waals surface area contributed by atoms with Crippen molar-refractivity contribution in [2.75, 3.05) is 39.6 Å². The lowest BCUT2D eigenvalue weighted by Gasteiger charge is -2.07. The molecule has 0 rings (SSSR count). The Bertz CT molecular complexity index is 395. The highest BCUT2D eigenvalue weighted by molar-refractivity contribution is 5.72. The smallest absolute Gasteiger partial charge is 0.305 e. The van der Waals surface area contributed by atoms with E-state index >= 15 is 0 Å². The molecule has 0 fully saturated rings. The van der Waals surface area contributed by atoms with Gasteiger partial charge in [-0.2, -0.15) is 0 Å². The number of hydrogen-bond acceptors (Lipinski definition) is 8. The van der Waals surface area contributed by atoms with Gasteiger partial charge in [-0.3, -0.25) is 19.2 Å². The molecule has 0 aromatic carbocycles. The van der Waals surface area contributed by atoms with Crippen molar-refractivity contribution in [2.24, 2.45) is 0 Å². The Morgan fingerprint density at radius 3 is 1.23 bits per heavy atom. The Balaban J connectivity index is 3.28. The van der Waals surface area contributed by atoms with Crippen LogP contribution < -0.4 is 0 Å². The largest absolute Gasteiger partial charge is 0.481 e. The molecule has 0 bridgehead atoms. The standard InChI is InChI=1S/C16H26O10/c17-13(18)3-1-5-15(21)25-11-9-23-7-8-24-10-12-26-16(22)6-2-4-14(19)20/h1-12H2,(H,17,18)(H,19,20). The molecule has 10 nitrogen and oxygen atoms in total. The zero-order chi connectivity index (χ0) is 19.6. The summed E-state index contributed by atoms with van der Waals surface area (Å²) in [5.41, 5.74) is 0. The Morgan fingerprint density at radius 2 is 0.885 bits per heavy atom. The molecule has 150 valence electrons. The van der Waals surface area contributed by atoms with Crippen LogP contribution in [0.2, 0.25) is 0 Å². The van der Waals surface area contributed by atoms with Gasteiger partial charge < -0.3 is 29.2 Å². The van der Waals surface area contributed by atoms with Crippen LogP contribution >= 0.6 is 0 Å². The average molecular weight is 378 g/mol. The first-order chi connectivity index (χ1) is 12.4. The van der Waals surface area contributed by atoms with Crippen molar-refractivity contribution in [1.82, 2.24) is 0 Å². The number of carbonyl (C=O) groups is 4. The fourth-order valence-corrected chi connectivity index (χ4v) is 1.66. The summed E-state index contributed by atoms with van der Waals surface area (Å²) in [6, 6.07) is 0. The molecule has 0 unspecified atom stereocenters.